The lowest BCUT2D eigenvalue weighted by Gasteiger charge is -2.11. The fourth-order valence-corrected chi connectivity index (χ4v) is 2.61. The first-order valence-corrected chi connectivity index (χ1v) is 7.51. The molecule has 0 saturated heterocycles. The molecule has 8 heteroatoms. The molecule has 2 heterocycles. The Labute approximate surface area is 138 Å². The Bertz CT molecular complexity index is 698. The van der Waals surface area contributed by atoms with E-state index in [0.717, 1.165) is 17.9 Å². The van der Waals surface area contributed by atoms with Crippen LogP contribution in [0.1, 0.15) is 18.0 Å². The molecule has 1 saturated carbocycles. The second-order valence-electron chi connectivity index (χ2n) is 4.87. The van der Waals surface area contributed by atoms with Gasteiger partial charge in [0.1, 0.15) is 5.75 Å². The fraction of sp³-hybridized carbons (Fsp3) is 0.286. The minimum absolute atomic E-state index is 0.222. The normalized spacial score (nSPS) is 19.4. The minimum Gasteiger partial charge on any atom is -0.495 e. The van der Waals surface area contributed by atoms with E-state index in [1.807, 2.05) is 12.1 Å². The zero-order valence-corrected chi connectivity index (χ0v) is 13.4. The van der Waals surface area contributed by atoms with Crippen LogP contribution in [0.2, 0.25) is 5.02 Å². The minimum atomic E-state index is 0.222. The van der Waals surface area contributed by atoms with Gasteiger partial charge in [0.05, 0.1) is 24.0 Å². The number of hydrogen-bond donors (Lipinski definition) is 2. The van der Waals surface area contributed by atoms with Crippen molar-refractivity contribution in [3.63, 3.8) is 0 Å². The molecule has 2 unspecified atom stereocenters. The van der Waals surface area contributed by atoms with Crippen LogP contribution in [0.15, 0.2) is 30.6 Å². The van der Waals surface area contributed by atoms with E-state index in [0.29, 0.717) is 16.0 Å². The van der Waals surface area contributed by atoms with E-state index in [2.05, 4.69) is 25.8 Å². The molecule has 0 aliphatic heterocycles. The number of methoxy groups -OCH3 is 1. The van der Waals surface area contributed by atoms with Crippen molar-refractivity contribution in [1.82, 2.24) is 20.5 Å². The number of ether oxygens (including phenoxy) is 1. The van der Waals surface area contributed by atoms with E-state index in [4.69, 9.17) is 28.6 Å². The summed E-state index contributed by atoms with van der Waals surface area (Å²) >= 11 is 11.3. The van der Waals surface area contributed by atoms with Gasteiger partial charge in [-0.2, -0.15) is 5.10 Å². The van der Waals surface area contributed by atoms with Crippen LogP contribution < -0.4 is 15.4 Å². The fourth-order valence-electron chi connectivity index (χ4n) is 2.22. The van der Waals surface area contributed by atoms with Gasteiger partial charge in [0.2, 0.25) is 0 Å². The van der Waals surface area contributed by atoms with Crippen LogP contribution in [0.5, 0.6) is 5.75 Å². The molecule has 2 atom stereocenters. The van der Waals surface area contributed by atoms with Crippen molar-refractivity contribution in [2.45, 2.75) is 18.4 Å². The molecule has 0 amide bonds. The quantitative estimate of drug-likeness (QED) is 0.831. The Morgan fingerprint density at radius 2 is 2.27 bits per heavy atom. The van der Waals surface area contributed by atoms with Gasteiger partial charge in [-0.1, -0.05) is 11.6 Å². The van der Waals surface area contributed by atoms with Gasteiger partial charge in [-0.3, -0.25) is 4.98 Å². The van der Waals surface area contributed by atoms with Crippen molar-refractivity contribution < 1.29 is 4.74 Å². The smallest absolute Gasteiger partial charge is 0.173 e. The highest BCUT2D eigenvalue weighted by molar-refractivity contribution is 7.80. The highest BCUT2D eigenvalue weighted by atomic mass is 35.5. The molecule has 0 radical (unpaired) electrons. The second-order valence-corrected chi connectivity index (χ2v) is 5.68. The summed E-state index contributed by atoms with van der Waals surface area (Å²) in [5, 5.41) is 14.8. The van der Waals surface area contributed by atoms with Crippen molar-refractivity contribution in [1.29, 1.82) is 0 Å². The molecule has 2 aromatic rings. The average Bonchev–Trinajstić information content (AvgIpc) is 3.28. The number of rotatable bonds is 4. The van der Waals surface area contributed by atoms with Gasteiger partial charge in [-0.15, -0.1) is 5.10 Å². The third-order valence-electron chi connectivity index (χ3n) is 3.38. The number of thiocarbonyl (C=S) groups is 1. The van der Waals surface area contributed by atoms with E-state index < -0.39 is 0 Å². The summed E-state index contributed by atoms with van der Waals surface area (Å²) in [4.78, 5) is 4.40. The predicted molar refractivity (Wildman–Crippen MR) is 88.3 cm³/mol. The Morgan fingerprint density at radius 3 is 3.05 bits per heavy atom. The molecule has 6 nitrogen and oxygen atoms in total. The number of anilines is 1. The molecular formula is C14H14ClN5OS. The standard InChI is InChI=1S/C14H14ClN5OS/c1-21-11-3-2-5-16-12(11)8-7-10(8)18-14(22)19-13-9(15)4-6-17-20-13/h2-6,8,10H,7H2,1H3,(H2,18,19,20,22). The maximum absolute atomic E-state index is 6.01. The zero-order chi connectivity index (χ0) is 15.5. The highest BCUT2D eigenvalue weighted by Crippen LogP contribution is 2.43. The van der Waals surface area contributed by atoms with Crippen LogP contribution in [0.3, 0.4) is 0 Å². The molecule has 22 heavy (non-hydrogen) atoms. The van der Waals surface area contributed by atoms with Crippen molar-refractivity contribution in [3.05, 3.63) is 41.3 Å². The number of aromatic nitrogens is 3. The zero-order valence-electron chi connectivity index (χ0n) is 11.8. The Morgan fingerprint density at radius 1 is 1.41 bits per heavy atom. The summed E-state index contributed by atoms with van der Waals surface area (Å²) < 4.78 is 5.34. The molecule has 0 spiro atoms. The molecule has 2 N–H and O–H groups in total. The third kappa shape index (κ3) is 3.26. The van der Waals surface area contributed by atoms with E-state index in [-0.39, 0.29) is 12.0 Å². The SMILES string of the molecule is COc1cccnc1C1CC1NC(=S)Nc1nnccc1Cl. The Balaban J connectivity index is 1.59. The van der Waals surface area contributed by atoms with Gasteiger partial charge in [0.15, 0.2) is 10.9 Å². The Kier molecular flexibility index (Phi) is 4.35. The molecule has 2 aromatic heterocycles. The van der Waals surface area contributed by atoms with Crippen molar-refractivity contribution in [2.24, 2.45) is 0 Å². The average molecular weight is 336 g/mol. The number of nitrogens with one attached hydrogen (secondary N) is 2. The summed E-state index contributed by atoms with van der Waals surface area (Å²) in [6.07, 6.45) is 4.24. The largest absolute Gasteiger partial charge is 0.495 e. The molecule has 0 aromatic carbocycles. The number of nitrogens with zero attached hydrogens (tertiary/aromatic N) is 3. The van der Waals surface area contributed by atoms with Crippen LogP contribution >= 0.6 is 23.8 Å². The summed E-state index contributed by atoms with van der Waals surface area (Å²) in [6.45, 7) is 0. The third-order valence-corrected chi connectivity index (χ3v) is 3.91. The predicted octanol–water partition coefficient (Wildman–Crippen LogP) is 2.38. The summed E-state index contributed by atoms with van der Waals surface area (Å²) in [7, 11) is 1.65. The first-order chi connectivity index (χ1) is 10.7. The second kappa shape index (κ2) is 6.41. The maximum Gasteiger partial charge on any atom is 0.173 e. The van der Waals surface area contributed by atoms with E-state index in [1.54, 1.807) is 19.4 Å². The van der Waals surface area contributed by atoms with E-state index in [1.165, 1.54) is 6.20 Å². The van der Waals surface area contributed by atoms with Crippen LogP contribution in [0.25, 0.3) is 0 Å². The van der Waals surface area contributed by atoms with Crippen molar-refractivity contribution in [2.75, 3.05) is 12.4 Å². The van der Waals surface area contributed by atoms with E-state index >= 15 is 0 Å². The van der Waals surface area contributed by atoms with E-state index in [9.17, 15) is 0 Å². The maximum atomic E-state index is 6.01. The van der Waals surface area contributed by atoms with Crippen LogP contribution in [0.4, 0.5) is 5.82 Å². The number of halogens is 1. The lowest BCUT2D eigenvalue weighted by atomic mass is 10.2. The molecule has 1 aliphatic rings. The molecule has 114 valence electrons. The lowest BCUT2D eigenvalue weighted by Crippen LogP contribution is -2.31. The number of pyridine rings is 1. The van der Waals surface area contributed by atoms with Crippen molar-refractivity contribution in [3.8, 4) is 5.75 Å². The van der Waals surface area contributed by atoms with Crippen LogP contribution in [0, 0.1) is 0 Å². The molecule has 3 rings (SSSR count). The van der Waals surface area contributed by atoms with Gasteiger partial charge in [-0.05, 0) is 36.8 Å². The summed E-state index contributed by atoms with van der Waals surface area (Å²) in [5.74, 6) is 1.52. The monoisotopic (exact) mass is 335 g/mol. The lowest BCUT2D eigenvalue weighted by molar-refractivity contribution is 0.406. The Hall–Kier alpha value is -1.99. The topological polar surface area (TPSA) is 72.0 Å². The van der Waals surface area contributed by atoms with Gasteiger partial charge in [0.25, 0.3) is 0 Å². The summed E-state index contributed by atoms with van der Waals surface area (Å²) in [6, 6.07) is 5.64. The van der Waals surface area contributed by atoms with Gasteiger partial charge in [0, 0.05) is 18.2 Å². The van der Waals surface area contributed by atoms with Crippen LogP contribution in [-0.2, 0) is 0 Å². The first kappa shape index (κ1) is 14.9. The van der Waals surface area contributed by atoms with Gasteiger partial charge < -0.3 is 15.4 Å². The molecular weight excluding hydrogens is 322 g/mol. The van der Waals surface area contributed by atoms with Crippen LogP contribution in [-0.4, -0.2) is 33.4 Å². The number of hydrogen-bond acceptors (Lipinski definition) is 5. The molecule has 1 fully saturated rings. The molecule has 1 aliphatic carbocycles. The van der Waals surface area contributed by atoms with Gasteiger partial charge in [-0.25, -0.2) is 0 Å². The molecule has 0 bridgehead atoms. The van der Waals surface area contributed by atoms with Gasteiger partial charge >= 0.3 is 0 Å². The highest BCUT2D eigenvalue weighted by Gasteiger charge is 2.41. The summed E-state index contributed by atoms with van der Waals surface area (Å²) in [5.41, 5.74) is 0.947. The first-order valence-electron chi connectivity index (χ1n) is 6.72. The van der Waals surface area contributed by atoms with Crippen molar-refractivity contribution >= 4 is 34.7 Å².